The number of anilines is 1. The highest BCUT2D eigenvalue weighted by molar-refractivity contribution is 5.60. The Morgan fingerprint density at radius 3 is 2.70 bits per heavy atom. The maximum absolute atomic E-state index is 12.7. The minimum atomic E-state index is -2.50. The summed E-state index contributed by atoms with van der Waals surface area (Å²) in [6, 6.07) is 6.15. The summed E-state index contributed by atoms with van der Waals surface area (Å²) < 4.78 is 25.5. The molecule has 0 fully saturated rings. The number of halogens is 2. The average Bonchev–Trinajstić information content (AvgIpc) is 2.47. The summed E-state index contributed by atoms with van der Waals surface area (Å²) in [5, 5.41) is 0. The van der Waals surface area contributed by atoms with E-state index in [1.54, 1.807) is 12.1 Å². The smallest absolute Gasteiger partial charge is 0.263 e. The molecule has 3 rings (SSSR count). The lowest BCUT2D eigenvalue weighted by Crippen LogP contribution is -2.11. The molecule has 2 aromatic rings. The molecule has 0 bridgehead atoms. The van der Waals surface area contributed by atoms with E-state index in [4.69, 9.17) is 5.73 Å². The number of nitrogens with two attached hydrogens (primary N) is 1. The molecule has 0 radical (unpaired) electrons. The van der Waals surface area contributed by atoms with Crippen molar-refractivity contribution in [3.05, 3.63) is 41.1 Å². The molecule has 1 aromatic carbocycles. The molecule has 1 aliphatic carbocycles. The third-order valence-electron chi connectivity index (χ3n) is 3.61. The van der Waals surface area contributed by atoms with Crippen LogP contribution >= 0.6 is 0 Å². The van der Waals surface area contributed by atoms with Gasteiger partial charge in [0, 0.05) is 22.4 Å². The summed E-state index contributed by atoms with van der Waals surface area (Å²) in [5.74, 6) is 0.915. The highest BCUT2D eigenvalue weighted by atomic mass is 19.3. The van der Waals surface area contributed by atoms with Crippen molar-refractivity contribution < 1.29 is 8.78 Å². The molecule has 20 heavy (non-hydrogen) atoms. The second-order valence-electron chi connectivity index (χ2n) is 4.99. The highest BCUT2D eigenvalue weighted by Gasteiger charge is 2.17. The quantitative estimate of drug-likeness (QED) is 0.912. The Morgan fingerprint density at radius 2 is 1.90 bits per heavy atom. The van der Waals surface area contributed by atoms with Gasteiger partial charge < -0.3 is 5.73 Å². The summed E-state index contributed by atoms with van der Waals surface area (Å²) >= 11 is 0. The van der Waals surface area contributed by atoms with Gasteiger partial charge in [-0.3, -0.25) is 0 Å². The third-order valence-corrected chi connectivity index (χ3v) is 3.61. The Morgan fingerprint density at radius 1 is 1.10 bits per heavy atom. The van der Waals surface area contributed by atoms with Gasteiger partial charge in [-0.05, 0) is 31.7 Å². The van der Waals surface area contributed by atoms with Crippen molar-refractivity contribution in [2.24, 2.45) is 0 Å². The fourth-order valence-corrected chi connectivity index (χ4v) is 2.57. The minimum Gasteiger partial charge on any atom is -0.383 e. The van der Waals surface area contributed by atoms with Crippen molar-refractivity contribution >= 4 is 5.82 Å². The number of nitrogen functional groups attached to an aromatic ring is 1. The zero-order valence-electron chi connectivity index (χ0n) is 10.9. The van der Waals surface area contributed by atoms with Gasteiger partial charge in [-0.25, -0.2) is 18.7 Å². The van der Waals surface area contributed by atoms with Crippen LogP contribution < -0.4 is 5.73 Å². The van der Waals surface area contributed by atoms with Crippen LogP contribution in [0.5, 0.6) is 0 Å². The van der Waals surface area contributed by atoms with Gasteiger partial charge >= 0.3 is 0 Å². The second kappa shape index (κ2) is 5.15. The summed E-state index contributed by atoms with van der Waals surface area (Å²) in [7, 11) is 0. The van der Waals surface area contributed by atoms with Crippen molar-refractivity contribution in [1.82, 2.24) is 9.97 Å². The van der Waals surface area contributed by atoms with Gasteiger partial charge in [-0.2, -0.15) is 0 Å². The Bertz CT molecular complexity index is 641. The number of benzene rings is 1. The van der Waals surface area contributed by atoms with E-state index in [2.05, 4.69) is 9.97 Å². The van der Waals surface area contributed by atoms with Crippen molar-refractivity contribution in [3.63, 3.8) is 0 Å². The third kappa shape index (κ3) is 2.35. The van der Waals surface area contributed by atoms with Crippen LogP contribution in [0.25, 0.3) is 11.4 Å². The first-order valence-corrected chi connectivity index (χ1v) is 6.69. The predicted octanol–water partition coefficient (Wildman–Crippen LogP) is 3.54. The van der Waals surface area contributed by atoms with Crippen LogP contribution in [-0.4, -0.2) is 9.97 Å². The first-order valence-electron chi connectivity index (χ1n) is 6.69. The normalized spacial score (nSPS) is 14.3. The number of alkyl halides is 2. The van der Waals surface area contributed by atoms with Gasteiger partial charge in [-0.1, -0.05) is 18.2 Å². The molecule has 1 aliphatic rings. The van der Waals surface area contributed by atoms with Crippen LogP contribution in [0.1, 0.15) is 36.1 Å². The van der Waals surface area contributed by atoms with Crippen LogP contribution in [0, 0.1) is 0 Å². The second-order valence-corrected chi connectivity index (χ2v) is 4.99. The van der Waals surface area contributed by atoms with Crippen LogP contribution in [-0.2, 0) is 12.8 Å². The van der Waals surface area contributed by atoms with Gasteiger partial charge in [0.05, 0.1) is 0 Å². The maximum atomic E-state index is 12.7. The molecular formula is C15H15F2N3. The molecule has 0 spiro atoms. The zero-order chi connectivity index (χ0) is 14.1. The van der Waals surface area contributed by atoms with Gasteiger partial charge in [0.2, 0.25) is 0 Å². The average molecular weight is 275 g/mol. The molecule has 0 saturated heterocycles. The van der Waals surface area contributed by atoms with Crippen molar-refractivity contribution in [2.75, 3.05) is 5.73 Å². The molecule has 1 aromatic heterocycles. The molecule has 0 aliphatic heterocycles. The van der Waals surface area contributed by atoms with Crippen LogP contribution in [0.15, 0.2) is 24.3 Å². The van der Waals surface area contributed by atoms with E-state index in [0.717, 1.165) is 36.9 Å². The summed E-state index contributed by atoms with van der Waals surface area (Å²) in [6.45, 7) is 0. The first kappa shape index (κ1) is 13.0. The molecule has 5 heteroatoms. The van der Waals surface area contributed by atoms with Gasteiger partial charge in [-0.15, -0.1) is 0 Å². The molecule has 0 atom stereocenters. The lowest BCUT2D eigenvalue weighted by atomic mass is 9.96. The lowest BCUT2D eigenvalue weighted by Gasteiger charge is -2.17. The monoisotopic (exact) mass is 275 g/mol. The first-order chi connectivity index (χ1) is 9.65. The van der Waals surface area contributed by atoms with E-state index in [-0.39, 0.29) is 5.56 Å². The number of aromatic nitrogens is 2. The van der Waals surface area contributed by atoms with Crippen molar-refractivity contribution in [3.8, 4) is 11.4 Å². The molecule has 2 N–H and O–H groups in total. The fraction of sp³-hybridized carbons (Fsp3) is 0.333. The van der Waals surface area contributed by atoms with Crippen LogP contribution in [0.2, 0.25) is 0 Å². The number of hydrogen-bond acceptors (Lipinski definition) is 3. The number of rotatable bonds is 2. The summed E-state index contributed by atoms with van der Waals surface area (Å²) in [5.41, 5.74) is 8.52. The predicted molar refractivity (Wildman–Crippen MR) is 73.5 cm³/mol. The van der Waals surface area contributed by atoms with Crippen LogP contribution in [0.4, 0.5) is 14.6 Å². The number of hydrogen-bond donors (Lipinski definition) is 1. The molecule has 1 heterocycles. The van der Waals surface area contributed by atoms with Gasteiger partial charge in [0.15, 0.2) is 5.82 Å². The van der Waals surface area contributed by atoms with Crippen molar-refractivity contribution in [1.29, 1.82) is 0 Å². The van der Waals surface area contributed by atoms with Crippen molar-refractivity contribution in [2.45, 2.75) is 32.1 Å². The molecule has 3 nitrogen and oxygen atoms in total. The number of aryl methyl sites for hydroxylation is 1. The molecule has 0 saturated carbocycles. The highest BCUT2D eigenvalue weighted by Crippen LogP contribution is 2.28. The number of fused-ring (bicyclic) bond motifs is 1. The Kier molecular flexibility index (Phi) is 3.34. The van der Waals surface area contributed by atoms with E-state index < -0.39 is 6.43 Å². The van der Waals surface area contributed by atoms with Gasteiger partial charge in [0.1, 0.15) is 5.82 Å². The van der Waals surface area contributed by atoms with E-state index in [1.165, 1.54) is 12.1 Å². The lowest BCUT2D eigenvalue weighted by molar-refractivity contribution is 0.151. The number of nitrogens with zero attached hydrogens (tertiary/aromatic N) is 2. The Hall–Kier alpha value is -2.04. The zero-order valence-corrected chi connectivity index (χ0v) is 10.9. The van der Waals surface area contributed by atoms with E-state index >= 15 is 0 Å². The van der Waals surface area contributed by atoms with E-state index in [0.29, 0.717) is 17.2 Å². The SMILES string of the molecule is Nc1nc(-c2cccc(C(F)F)c2)nc2c1CCCC2. The summed E-state index contributed by atoms with van der Waals surface area (Å²) in [6.07, 6.45) is 1.47. The fourth-order valence-electron chi connectivity index (χ4n) is 2.57. The minimum absolute atomic E-state index is 0.0256. The summed E-state index contributed by atoms with van der Waals surface area (Å²) in [4.78, 5) is 8.79. The molecule has 0 unspecified atom stereocenters. The largest absolute Gasteiger partial charge is 0.383 e. The van der Waals surface area contributed by atoms with Gasteiger partial charge in [0.25, 0.3) is 6.43 Å². The molecular weight excluding hydrogens is 260 g/mol. The van der Waals surface area contributed by atoms with E-state index in [1.807, 2.05) is 0 Å². The maximum Gasteiger partial charge on any atom is 0.263 e. The topological polar surface area (TPSA) is 51.8 Å². The van der Waals surface area contributed by atoms with E-state index in [9.17, 15) is 8.78 Å². The molecule has 0 amide bonds. The standard InChI is InChI=1S/C15H15F2N3/c16-13(17)9-4-3-5-10(8-9)15-19-12-7-2-1-6-11(12)14(18)20-15/h3-5,8,13H,1-2,6-7H2,(H2,18,19,20). The Labute approximate surface area is 115 Å². The molecule has 104 valence electrons. The van der Waals surface area contributed by atoms with Crippen LogP contribution in [0.3, 0.4) is 0 Å². The Balaban J connectivity index is 2.06.